The number of hydrogen-bond donors (Lipinski definition) is 1. The summed E-state index contributed by atoms with van der Waals surface area (Å²) in [6, 6.07) is 16.4. The molecule has 0 spiro atoms. The van der Waals surface area contributed by atoms with E-state index in [-0.39, 0.29) is 12.4 Å². The fourth-order valence-corrected chi connectivity index (χ4v) is 4.58. The molecule has 2 aromatic heterocycles. The first-order valence-corrected chi connectivity index (χ1v) is 11.1. The van der Waals surface area contributed by atoms with Crippen LogP contribution in [0.1, 0.15) is 38.5 Å². The van der Waals surface area contributed by atoms with Gasteiger partial charge in [0.15, 0.2) is 5.76 Å². The third-order valence-electron chi connectivity index (χ3n) is 4.86. The van der Waals surface area contributed by atoms with E-state index in [1.54, 1.807) is 30.3 Å². The Hall–Kier alpha value is -3.29. The highest BCUT2D eigenvalue weighted by Crippen LogP contribution is 2.37. The van der Waals surface area contributed by atoms with Gasteiger partial charge >= 0.3 is 5.97 Å². The first-order chi connectivity index (χ1) is 15.5. The Labute approximate surface area is 193 Å². The number of hydrogen-bond acceptors (Lipinski definition) is 6. The molecule has 0 aliphatic rings. The van der Waals surface area contributed by atoms with Crippen molar-refractivity contribution in [3.05, 3.63) is 81.6 Å². The van der Waals surface area contributed by atoms with Crippen LogP contribution >= 0.6 is 22.9 Å². The number of anilines is 1. The Morgan fingerprint density at radius 2 is 1.88 bits per heavy atom. The molecule has 1 amide bonds. The zero-order chi connectivity index (χ0) is 22.7. The molecule has 0 saturated carbocycles. The number of ether oxygens (including phenoxy) is 2. The van der Waals surface area contributed by atoms with Crippen LogP contribution in [0.5, 0.6) is 5.75 Å². The number of carbonyl (C=O) groups excluding carboxylic acids is 2. The number of rotatable bonds is 7. The van der Waals surface area contributed by atoms with Crippen LogP contribution in [-0.4, -0.2) is 19.0 Å². The van der Waals surface area contributed by atoms with Gasteiger partial charge in [-0.25, -0.2) is 4.79 Å². The van der Waals surface area contributed by atoms with E-state index in [0.29, 0.717) is 21.3 Å². The number of halogens is 1. The monoisotopic (exact) mass is 469 g/mol. The maximum absolute atomic E-state index is 12.6. The Morgan fingerprint density at radius 3 is 2.59 bits per heavy atom. The van der Waals surface area contributed by atoms with E-state index in [2.05, 4.69) is 12.2 Å². The van der Waals surface area contributed by atoms with Crippen molar-refractivity contribution >= 4 is 50.6 Å². The number of esters is 1. The highest BCUT2D eigenvalue weighted by Gasteiger charge is 2.18. The van der Waals surface area contributed by atoms with Crippen LogP contribution in [0.4, 0.5) is 5.69 Å². The molecule has 2 aromatic carbocycles. The van der Waals surface area contributed by atoms with Gasteiger partial charge in [0.2, 0.25) is 0 Å². The van der Waals surface area contributed by atoms with E-state index in [4.69, 9.17) is 25.5 Å². The summed E-state index contributed by atoms with van der Waals surface area (Å²) in [6.45, 7) is 2.31. The van der Waals surface area contributed by atoms with Gasteiger partial charge < -0.3 is 19.2 Å². The molecule has 0 saturated heterocycles. The number of methoxy groups -OCH3 is 1. The number of furan rings is 1. The molecule has 0 radical (unpaired) electrons. The summed E-state index contributed by atoms with van der Waals surface area (Å²) in [5, 5.41) is 3.86. The molecule has 1 N–H and O–H groups in total. The SMILES string of the molecule is CCc1ccc(OCc2ccc(C(=O)Nc3ccc4c(Cl)c(C(=O)OC)sc4c3)o2)cc1. The van der Waals surface area contributed by atoms with E-state index in [1.165, 1.54) is 24.0 Å². The summed E-state index contributed by atoms with van der Waals surface area (Å²) in [6.07, 6.45) is 0.968. The second-order valence-electron chi connectivity index (χ2n) is 6.95. The lowest BCUT2D eigenvalue weighted by Gasteiger charge is -2.05. The van der Waals surface area contributed by atoms with Crippen molar-refractivity contribution in [1.29, 1.82) is 0 Å². The molecular weight excluding hydrogens is 450 g/mol. The number of carbonyl (C=O) groups is 2. The lowest BCUT2D eigenvalue weighted by atomic mass is 10.2. The van der Waals surface area contributed by atoms with Gasteiger partial charge in [-0.15, -0.1) is 11.3 Å². The highest BCUT2D eigenvalue weighted by atomic mass is 35.5. The summed E-state index contributed by atoms with van der Waals surface area (Å²) in [5.74, 6) is 0.563. The summed E-state index contributed by atoms with van der Waals surface area (Å²) in [4.78, 5) is 24.8. The van der Waals surface area contributed by atoms with E-state index >= 15 is 0 Å². The van der Waals surface area contributed by atoms with Crippen LogP contribution < -0.4 is 10.1 Å². The average Bonchev–Trinajstić information content (AvgIpc) is 3.42. The minimum Gasteiger partial charge on any atom is -0.486 e. The van der Waals surface area contributed by atoms with Crippen molar-refractivity contribution in [1.82, 2.24) is 0 Å². The zero-order valence-corrected chi connectivity index (χ0v) is 19.0. The first kappa shape index (κ1) is 21.9. The molecule has 8 heteroatoms. The summed E-state index contributed by atoms with van der Waals surface area (Å²) >= 11 is 7.48. The fraction of sp³-hybridized carbons (Fsp3) is 0.167. The third kappa shape index (κ3) is 4.64. The molecule has 0 unspecified atom stereocenters. The minimum atomic E-state index is -0.492. The lowest BCUT2D eigenvalue weighted by molar-refractivity contribution is 0.0606. The second-order valence-corrected chi connectivity index (χ2v) is 8.38. The molecule has 0 atom stereocenters. The van der Waals surface area contributed by atoms with Crippen molar-refractivity contribution in [2.24, 2.45) is 0 Å². The molecule has 2 heterocycles. The van der Waals surface area contributed by atoms with E-state index in [1.807, 2.05) is 24.3 Å². The predicted molar refractivity (Wildman–Crippen MR) is 125 cm³/mol. The number of fused-ring (bicyclic) bond motifs is 1. The lowest BCUT2D eigenvalue weighted by Crippen LogP contribution is -2.10. The Morgan fingerprint density at radius 1 is 1.09 bits per heavy atom. The van der Waals surface area contributed by atoms with Crippen molar-refractivity contribution in [3.63, 3.8) is 0 Å². The molecule has 0 aliphatic heterocycles. The molecule has 4 aromatic rings. The molecule has 0 fully saturated rings. The van der Waals surface area contributed by atoms with Crippen LogP contribution in [0.15, 0.2) is 59.0 Å². The van der Waals surface area contributed by atoms with Crippen molar-refractivity contribution in [2.45, 2.75) is 20.0 Å². The van der Waals surface area contributed by atoms with Crippen LogP contribution in [0.3, 0.4) is 0 Å². The van der Waals surface area contributed by atoms with Crippen molar-refractivity contribution in [3.8, 4) is 5.75 Å². The summed E-state index contributed by atoms with van der Waals surface area (Å²) in [5.41, 5.74) is 1.79. The molecule has 6 nitrogen and oxygen atoms in total. The van der Waals surface area contributed by atoms with Crippen molar-refractivity contribution in [2.75, 3.05) is 12.4 Å². The van der Waals surface area contributed by atoms with Gasteiger partial charge in [0.05, 0.1) is 12.1 Å². The van der Waals surface area contributed by atoms with Crippen LogP contribution in [-0.2, 0) is 17.8 Å². The number of amides is 1. The zero-order valence-electron chi connectivity index (χ0n) is 17.4. The standard InChI is InChI=1S/C24H20ClNO5S/c1-3-14-4-7-16(8-5-14)30-13-17-9-11-19(31-17)23(27)26-15-6-10-18-20(12-15)32-22(21(18)25)24(28)29-2/h4-12H,3,13H2,1-2H3,(H,26,27). The smallest absolute Gasteiger partial charge is 0.349 e. The maximum atomic E-state index is 12.6. The average molecular weight is 470 g/mol. The molecular formula is C24H20ClNO5S. The quantitative estimate of drug-likeness (QED) is 0.320. The van der Waals surface area contributed by atoms with E-state index in [0.717, 1.165) is 22.3 Å². The Kier molecular flexibility index (Phi) is 6.48. The van der Waals surface area contributed by atoms with Gasteiger partial charge in [-0.1, -0.05) is 30.7 Å². The Bertz CT molecular complexity index is 1280. The molecule has 0 bridgehead atoms. The van der Waals surface area contributed by atoms with Crippen LogP contribution in [0.2, 0.25) is 5.02 Å². The largest absolute Gasteiger partial charge is 0.486 e. The number of thiophene rings is 1. The molecule has 32 heavy (non-hydrogen) atoms. The van der Waals surface area contributed by atoms with Gasteiger partial charge in [-0.3, -0.25) is 4.79 Å². The number of benzene rings is 2. The molecule has 164 valence electrons. The van der Waals surface area contributed by atoms with E-state index < -0.39 is 11.9 Å². The molecule has 4 rings (SSSR count). The van der Waals surface area contributed by atoms with Gasteiger partial charge in [0.1, 0.15) is 23.0 Å². The molecule has 0 aliphatic carbocycles. The number of nitrogens with one attached hydrogen (secondary N) is 1. The summed E-state index contributed by atoms with van der Waals surface area (Å²) in [7, 11) is 1.30. The minimum absolute atomic E-state index is 0.171. The maximum Gasteiger partial charge on any atom is 0.349 e. The fourth-order valence-electron chi connectivity index (χ4n) is 3.11. The third-order valence-corrected chi connectivity index (χ3v) is 6.49. The van der Waals surface area contributed by atoms with Gasteiger partial charge in [-0.05, 0) is 54.4 Å². The van der Waals surface area contributed by atoms with Gasteiger partial charge in [0.25, 0.3) is 5.91 Å². The van der Waals surface area contributed by atoms with Crippen molar-refractivity contribution < 1.29 is 23.5 Å². The highest BCUT2D eigenvalue weighted by molar-refractivity contribution is 7.21. The van der Waals surface area contributed by atoms with Gasteiger partial charge in [-0.2, -0.15) is 0 Å². The predicted octanol–water partition coefficient (Wildman–Crippen LogP) is 6.33. The Balaban J connectivity index is 1.42. The van der Waals surface area contributed by atoms with E-state index in [9.17, 15) is 9.59 Å². The second kappa shape index (κ2) is 9.46. The van der Waals surface area contributed by atoms with Crippen LogP contribution in [0.25, 0.3) is 10.1 Å². The number of aryl methyl sites for hydroxylation is 1. The van der Waals surface area contributed by atoms with Crippen LogP contribution in [0, 0.1) is 0 Å². The normalized spacial score (nSPS) is 10.8. The summed E-state index contributed by atoms with van der Waals surface area (Å²) < 4.78 is 16.9. The van der Waals surface area contributed by atoms with Gasteiger partial charge in [0, 0.05) is 15.8 Å². The topological polar surface area (TPSA) is 77.8 Å². The first-order valence-electron chi connectivity index (χ1n) is 9.90.